The van der Waals surface area contributed by atoms with Gasteiger partial charge in [0, 0.05) is 18.0 Å². The Morgan fingerprint density at radius 1 is 1.17 bits per heavy atom. The Bertz CT molecular complexity index is 1220. The third-order valence-corrected chi connectivity index (χ3v) is 8.94. The van der Waals surface area contributed by atoms with Gasteiger partial charge in [-0.1, -0.05) is 13.8 Å². The van der Waals surface area contributed by atoms with Crippen LogP contribution in [0, 0.1) is 45.8 Å². The highest BCUT2D eigenvalue weighted by atomic mass is 19.4. The summed E-state index contributed by atoms with van der Waals surface area (Å²) in [5, 5.41) is 26.3. The third kappa shape index (κ3) is 5.98. The molecule has 224 valence electrons. The fourth-order valence-corrected chi connectivity index (χ4v) is 6.46. The molecule has 0 aromatic rings. The van der Waals surface area contributed by atoms with Gasteiger partial charge in [-0.05, 0) is 63.7 Å². The largest absolute Gasteiger partial charge is 0.471 e. The molecule has 0 radical (unpaired) electrons. The van der Waals surface area contributed by atoms with Crippen molar-refractivity contribution in [3.05, 3.63) is 0 Å². The first-order valence-corrected chi connectivity index (χ1v) is 13.6. The van der Waals surface area contributed by atoms with Crippen LogP contribution in [0.2, 0.25) is 0 Å². The summed E-state index contributed by atoms with van der Waals surface area (Å²) in [6.07, 6.45) is -5.39. The number of alkyl halides is 3. The Labute approximate surface area is 236 Å². The zero-order valence-electron chi connectivity index (χ0n) is 23.6. The molecule has 4 amide bonds. The minimum absolute atomic E-state index is 0.0551. The van der Waals surface area contributed by atoms with Gasteiger partial charge in [0.1, 0.15) is 18.1 Å². The van der Waals surface area contributed by atoms with Gasteiger partial charge >= 0.3 is 12.1 Å². The number of carbonyl (C=O) groups excluding carboxylic acids is 4. The average Bonchev–Trinajstić information content (AvgIpc) is 3.62. The number of ether oxygens (including phenoxy) is 1. The summed E-state index contributed by atoms with van der Waals surface area (Å²) in [5.41, 5.74) is -2.04. The Morgan fingerprint density at radius 3 is 2.29 bits per heavy atom. The van der Waals surface area contributed by atoms with Crippen LogP contribution >= 0.6 is 0 Å². The van der Waals surface area contributed by atoms with Crippen molar-refractivity contribution in [2.45, 2.75) is 102 Å². The van der Waals surface area contributed by atoms with Gasteiger partial charge in [0.05, 0.1) is 18.2 Å². The summed E-state index contributed by atoms with van der Waals surface area (Å²) in [7, 11) is 0. The maximum absolute atomic E-state index is 13.8. The number of hydrogen-bond donors (Lipinski definition) is 3. The van der Waals surface area contributed by atoms with E-state index in [0.717, 1.165) is 4.90 Å². The molecule has 0 aromatic carbocycles. The first-order valence-electron chi connectivity index (χ1n) is 13.6. The highest BCUT2D eigenvalue weighted by molar-refractivity contribution is 5.95. The number of rotatable bonds is 9. The minimum Gasteiger partial charge on any atom is -0.355 e. The molecule has 2 aliphatic heterocycles. The zero-order chi connectivity index (χ0) is 30.7. The van der Waals surface area contributed by atoms with Gasteiger partial charge in [-0.25, -0.2) is 0 Å². The molecule has 0 bridgehead atoms. The molecule has 2 aliphatic carbocycles. The van der Waals surface area contributed by atoms with Crippen molar-refractivity contribution in [2.75, 3.05) is 6.54 Å². The van der Waals surface area contributed by atoms with E-state index >= 15 is 0 Å². The summed E-state index contributed by atoms with van der Waals surface area (Å²) in [6.45, 7) is 8.88. The molecule has 0 aromatic heterocycles. The molecule has 4 fully saturated rings. The second-order valence-electron chi connectivity index (χ2n) is 13.0. The van der Waals surface area contributed by atoms with Crippen LogP contribution in [0.4, 0.5) is 13.2 Å². The van der Waals surface area contributed by atoms with Gasteiger partial charge in [0.25, 0.3) is 0 Å². The fraction of sp³-hybridized carbons (Fsp3) is 0.778. The van der Waals surface area contributed by atoms with E-state index < -0.39 is 65.2 Å². The predicted octanol–water partition coefficient (Wildman–Crippen LogP) is 1.29. The molecule has 11 nitrogen and oxygen atoms in total. The number of likely N-dealkylation sites (tertiary alicyclic amines) is 1. The topological polar surface area (TPSA) is 164 Å². The second-order valence-corrected chi connectivity index (χ2v) is 13.0. The number of halogens is 3. The monoisotopic (exact) mass is 580 g/mol. The van der Waals surface area contributed by atoms with E-state index in [1.807, 2.05) is 39.8 Å². The van der Waals surface area contributed by atoms with Gasteiger partial charge in [0.2, 0.25) is 17.7 Å². The molecule has 41 heavy (non-hydrogen) atoms. The van der Waals surface area contributed by atoms with Crippen LogP contribution in [-0.4, -0.2) is 76.6 Å². The van der Waals surface area contributed by atoms with E-state index in [0.29, 0.717) is 19.3 Å². The highest BCUT2D eigenvalue weighted by Gasteiger charge is 2.70. The van der Waals surface area contributed by atoms with E-state index in [-0.39, 0.29) is 36.1 Å². The maximum atomic E-state index is 13.8. The first-order chi connectivity index (χ1) is 18.9. The molecule has 2 saturated carbocycles. The predicted molar refractivity (Wildman–Crippen MR) is 135 cm³/mol. The van der Waals surface area contributed by atoms with E-state index in [2.05, 4.69) is 10.6 Å². The summed E-state index contributed by atoms with van der Waals surface area (Å²) in [4.78, 5) is 52.8. The van der Waals surface area contributed by atoms with Gasteiger partial charge in [-0.15, -0.1) is 0 Å². The number of nitriles is 2. The standard InChI is InChI=1S/C27H35F3N6O5/c1-13(41-26(12-32)6-7-26)18(34-23(40)27(28,29)30)22(39)36-11-16-17(25(16,4)5)19(36)21(38)33-15(10-31)8-14-9-24(2,3)35-20(14)37/h13-19H,6-9,11H2,1-5H3,(H,33,38)(H,34,40)(H,35,37)/t13-,14-,15+,16+,17+,18+,19+/m1/s1. The quantitative estimate of drug-likeness (QED) is 0.370. The number of amides is 4. The molecule has 7 atom stereocenters. The SMILES string of the molecule is C[C@@H](OC1(C#N)CC1)[C@H](NC(=O)C(F)(F)F)C(=O)N1C[C@H]2[C@@H]([C@H]1C(=O)N[C@H](C#N)C[C@@H]1CC(C)(C)NC1=O)C2(C)C. The summed E-state index contributed by atoms with van der Waals surface area (Å²) in [5.74, 6) is -5.15. The summed E-state index contributed by atoms with van der Waals surface area (Å²) >= 11 is 0. The lowest BCUT2D eigenvalue weighted by Gasteiger charge is -2.35. The molecule has 0 spiro atoms. The normalized spacial score (nSPS) is 30.5. The van der Waals surface area contributed by atoms with E-state index in [9.17, 15) is 42.9 Å². The molecule has 14 heteroatoms. The van der Waals surface area contributed by atoms with Gasteiger partial charge < -0.3 is 25.6 Å². The lowest BCUT2D eigenvalue weighted by atomic mass is 9.91. The molecule has 2 heterocycles. The van der Waals surface area contributed by atoms with E-state index in [1.165, 1.54) is 6.92 Å². The van der Waals surface area contributed by atoms with Crippen LogP contribution in [0.5, 0.6) is 0 Å². The Hall–Kier alpha value is -3.39. The van der Waals surface area contributed by atoms with Crippen LogP contribution in [-0.2, 0) is 23.9 Å². The van der Waals surface area contributed by atoms with Gasteiger partial charge in [0.15, 0.2) is 5.60 Å². The van der Waals surface area contributed by atoms with E-state index in [4.69, 9.17) is 4.74 Å². The molecule has 3 N–H and O–H groups in total. The molecular weight excluding hydrogens is 545 g/mol. The Morgan fingerprint density at radius 2 is 1.80 bits per heavy atom. The number of nitrogens with zero attached hydrogens (tertiary/aromatic N) is 3. The average molecular weight is 581 g/mol. The third-order valence-electron chi connectivity index (χ3n) is 8.94. The Balaban J connectivity index is 1.54. The summed E-state index contributed by atoms with van der Waals surface area (Å²) < 4.78 is 45.2. The second kappa shape index (κ2) is 10.2. The van der Waals surface area contributed by atoms with Crippen LogP contribution in [0.25, 0.3) is 0 Å². The maximum Gasteiger partial charge on any atom is 0.471 e. The van der Waals surface area contributed by atoms with Crippen LogP contribution < -0.4 is 16.0 Å². The summed E-state index contributed by atoms with van der Waals surface area (Å²) in [6, 6.07) is -0.0342. The number of carbonyl (C=O) groups is 4. The molecule has 2 saturated heterocycles. The number of nitrogens with one attached hydrogen (secondary N) is 3. The van der Waals surface area contributed by atoms with Crippen molar-refractivity contribution in [1.29, 1.82) is 10.5 Å². The van der Waals surface area contributed by atoms with E-state index in [1.54, 1.807) is 5.32 Å². The first kappa shape index (κ1) is 30.6. The van der Waals surface area contributed by atoms with Gasteiger partial charge in [-0.2, -0.15) is 23.7 Å². The van der Waals surface area contributed by atoms with Crippen molar-refractivity contribution in [3.63, 3.8) is 0 Å². The molecule has 4 aliphatic rings. The van der Waals surface area contributed by atoms with Gasteiger partial charge in [-0.3, -0.25) is 19.2 Å². The number of hydrogen-bond acceptors (Lipinski definition) is 7. The van der Waals surface area contributed by atoms with Crippen LogP contribution in [0.15, 0.2) is 0 Å². The lowest BCUT2D eigenvalue weighted by Crippen LogP contribution is -2.61. The van der Waals surface area contributed by atoms with Crippen molar-refractivity contribution in [1.82, 2.24) is 20.9 Å². The molecule has 4 rings (SSSR count). The zero-order valence-corrected chi connectivity index (χ0v) is 23.6. The lowest BCUT2D eigenvalue weighted by molar-refractivity contribution is -0.177. The molecular formula is C27H35F3N6O5. The van der Waals surface area contributed by atoms with Crippen LogP contribution in [0.1, 0.15) is 60.3 Å². The van der Waals surface area contributed by atoms with Crippen molar-refractivity contribution in [2.24, 2.45) is 23.2 Å². The molecule has 0 unspecified atom stereocenters. The van der Waals surface area contributed by atoms with Crippen molar-refractivity contribution < 1.29 is 37.1 Å². The number of piperidine rings is 1. The van der Waals surface area contributed by atoms with Crippen LogP contribution in [0.3, 0.4) is 0 Å². The number of fused-ring (bicyclic) bond motifs is 1. The van der Waals surface area contributed by atoms with Crippen molar-refractivity contribution >= 4 is 23.6 Å². The smallest absolute Gasteiger partial charge is 0.355 e. The highest BCUT2D eigenvalue weighted by Crippen LogP contribution is 2.65. The minimum atomic E-state index is -5.28. The Kier molecular flexibility index (Phi) is 7.57. The fourth-order valence-electron chi connectivity index (χ4n) is 6.46. The van der Waals surface area contributed by atoms with Crippen molar-refractivity contribution in [3.8, 4) is 12.1 Å².